The minimum absolute atomic E-state index is 0.00561. The van der Waals surface area contributed by atoms with Crippen molar-refractivity contribution in [1.82, 2.24) is 15.3 Å². The van der Waals surface area contributed by atoms with Crippen molar-refractivity contribution in [2.24, 2.45) is 5.92 Å². The zero-order valence-electron chi connectivity index (χ0n) is 16.4. The number of piperidine rings is 1. The fourth-order valence-electron chi connectivity index (χ4n) is 3.85. The van der Waals surface area contributed by atoms with Gasteiger partial charge in [0.05, 0.1) is 28.7 Å². The Kier molecular flexibility index (Phi) is 5.57. The molecule has 3 aromatic rings. The summed E-state index contributed by atoms with van der Waals surface area (Å²) in [6.07, 6.45) is 4.76. The molecule has 1 fully saturated rings. The van der Waals surface area contributed by atoms with Gasteiger partial charge in [0.15, 0.2) is 0 Å². The molecule has 1 aliphatic rings. The van der Waals surface area contributed by atoms with Crippen LogP contribution >= 0.6 is 11.3 Å². The van der Waals surface area contributed by atoms with Crippen molar-refractivity contribution in [3.63, 3.8) is 0 Å². The average Bonchev–Trinajstić information content (AvgIpc) is 3.20. The normalized spacial score (nSPS) is 17.1. The largest absolute Gasteiger partial charge is 0.370 e. The summed E-state index contributed by atoms with van der Waals surface area (Å²) in [5.74, 6) is 0.136. The first-order valence-corrected chi connectivity index (χ1v) is 10.8. The van der Waals surface area contributed by atoms with Gasteiger partial charge >= 0.3 is 0 Å². The summed E-state index contributed by atoms with van der Waals surface area (Å²) in [5, 5.41) is 7.41. The Morgan fingerprint density at radius 1 is 1.36 bits per heavy atom. The number of nitrogens with zero attached hydrogens (tertiary/aromatic N) is 3. The van der Waals surface area contributed by atoms with Gasteiger partial charge in [0.1, 0.15) is 0 Å². The fraction of sp³-hybridized carbons (Fsp3) is 0.409. The fourth-order valence-corrected chi connectivity index (χ4v) is 4.59. The number of carbonyl (C=O) groups is 1. The third-order valence-electron chi connectivity index (χ3n) is 5.35. The molecule has 1 atom stereocenters. The van der Waals surface area contributed by atoms with Gasteiger partial charge in [0.25, 0.3) is 0 Å². The highest BCUT2D eigenvalue weighted by atomic mass is 32.1. The molecule has 1 amide bonds. The van der Waals surface area contributed by atoms with E-state index in [2.05, 4.69) is 58.3 Å². The quantitative estimate of drug-likeness (QED) is 0.708. The molecule has 146 valence electrons. The van der Waals surface area contributed by atoms with Crippen molar-refractivity contribution in [3.8, 4) is 0 Å². The molecule has 6 heteroatoms. The lowest BCUT2D eigenvalue weighted by Gasteiger charge is -2.34. The van der Waals surface area contributed by atoms with Gasteiger partial charge in [-0.2, -0.15) is 0 Å². The maximum absolute atomic E-state index is 12.8. The molecule has 5 nitrogen and oxygen atoms in total. The predicted molar refractivity (Wildman–Crippen MR) is 115 cm³/mol. The van der Waals surface area contributed by atoms with E-state index in [-0.39, 0.29) is 11.8 Å². The molecule has 1 saturated heterocycles. The van der Waals surface area contributed by atoms with Crippen LogP contribution in [0.3, 0.4) is 0 Å². The number of pyridine rings is 1. The van der Waals surface area contributed by atoms with Gasteiger partial charge in [-0.15, -0.1) is 11.3 Å². The Hall–Kier alpha value is -2.47. The van der Waals surface area contributed by atoms with Crippen molar-refractivity contribution in [1.29, 1.82) is 0 Å². The van der Waals surface area contributed by atoms with Gasteiger partial charge in [0, 0.05) is 35.7 Å². The molecule has 0 aliphatic carbocycles. The van der Waals surface area contributed by atoms with E-state index in [0.29, 0.717) is 6.54 Å². The van der Waals surface area contributed by atoms with Gasteiger partial charge < -0.3 is 10.2 Å². The number of amides is 1. The topological polar surface area (TPSA) is 58.1 Å². The zero-order valence-corrected chi connectivity index (χ0v) is 17.3. The second-order valence-electron chi connectivity index (χ2n) is 7.44. The number of hydrogen-bond donors (Lipinski definition) is 1. The van der Waals surface area contributed by atoms with Crippen LogP contribution in [0, 0.1) is 12.8 Å². The second kappa shape index (κ2) is 8.27. The molecule has 0 radical (unpaired) electrons. The van der Waals surface area contributed by atoms with Crippen molar-refractivity contribution in [2.45, 2.75) is 39.7 Å². The number of carbonyl (C=O) groups excluding carboxylic acids is 1. The van der Waals surface area contributed by atoms with Crippen molar-refractivity contribution in [3.05, 3.63) is 52.1 Å². The van der Waals surface area contributed by atoms with E-state index >= 15 is 0 Å². The number of aryl methyl sites for hydroxylation is 2. The Morgan fingerprint density at radius 3 is 3.07 bits per heavy atom. The second-order valence-corrected chi connectivity index (χ2v) is 8.38. The minimum atomic E-state index is 0.00561. The number of hydrogen-bond acceptors (Lipinski definition) is 5. The highest BCUT2D eigenvalue weighted by Crippen LogP contribution is 2.30. The van der Waals surface area contributed by atoms with Crippen LogP contribution < -0.4 is 10.2 Å². The number of thiazole rings is 1. The van der Waals surface area contributed by atoms with Gasteiger partial charge in [-0.05, 0) is 44.4 Å². The van der Waals surface area contributed by atoms with Crippen LogP contribution in [0.1, 0.15) is 36.0 Å². The first-order valence-electron chi connectivity index (χ1n) is 9.95. The summed E-state index contributed by atoms with van der Waals surface area (Å²) in [6.45, 7) is 6.44. The first kappa shape index (κ1) is 18.9. The lowest BCUT2D eigenvalue weighted by molar-refractivity contribution is -0.125. The molecule has 1 N–H and O–H groups in total. The van der Waals surface area contributed by atoms with E-state index in [0.717, 1.165) is 54.0 Å². The molecule has 0 spiro atoms. The third-order valence-corrected chi connectivity index (χ3v) is 6.39. The van der Waals surface area contributed by atoms with Crippen LogP contribution in [0.15, 0.2) is 35.8 Å². The summed E-state index contributed by atoms with van der Waals surface area (Å²) < 4.78 is 0. The summed E-state index contributed by atoms with van der Waals surface area (Å²) in [5.41, 5.74) is 4.37. The van der Waals surface area contributed by atoms with E-state index in [1.807, 2.05) is 11.6 Å². The molecule has 3 heterocycles. The smallest absolute Gasteiger partial charge is 0.225 e. The maximum Gasteiger partial charge on any atom is 0.225 e. The highest BCUT2D eigenvalue weighted by Gasteiger charge is 2.26. The zero-order chi connectivity index (χ0) is 19.5. The van der Waals surface area contributed by atoms with Crippen LogP contribution in [-0.4, -0.2) is 29.0 Å². The van der Waals surface area contributed by atoms with Crippen molar-refractivity contribution in [2.75, 3.05) is 18.0 Å². The number of fused-ring (bicyclic) bond motifs is 1. The van der Waals surface area contributed by atoms with Crippen LogP contribution in [0.4, 0.5) is 5.69 Å². The molecular formula is C22H26N4OS. The lowest BCUT2D eigenvalue weighted by atomic mass is 9.96. The molecule has 1 unspecified atom stereocenters. The molecule has 4 rings (SSSR count). The average molecular weight is 395 g/mol. The van der Waals surface area contributed by atoms with Crippen LogP contribution in [0.5, 0.6) is 0 Å². The summed E-state index contributed by atoms with van der Waals surface area (Å²) in [7, 11) is 0. The summed E-state index contributed by atoms with van der Waals surface area (Å²) >= 11 is 1.66. The molecule has 0 bridgehead atoms. The maximum atomic E-state index is 12.8. The molecule has 1 aliphatic heterocycles. The van der Waals surface area contributed by atoms with E-state index in [4.69, 9.17) is 0 Å². The van der Waals surface area contributed by atoms with E-state index in [9.17, 15) is 4.79 Å². The van der Waals surface area contributed by atoms with Gasteiger partial charge in [-0.25, -0.2) is 4.98 Å². The van der Waals surface area contributed by atoms with E-state index < -0.39 is 0 Å². The summed E-state index contributed by atoms with van der Waals surface area (Å²) in [6, 6.07) is 8.42. The van der Waals surface area contributed by atoms with E-state index in [1.54, 1.807) is 11.3 Å². The number of nitrogens with one attached hydrogen (secondary N) is 1. The molecule has 0 saturated carbocycles. The van der Waals surface area contributed by atoms with E-state index in [1.165, 1.54) is 11.3 Å². The Labute approximate surface area is 169 Å². The molecule has 28 heavy (non-hydrogen) atoms. The highest BCUT2D eigenvalue weighted by molar-refractivity contribution is 7.09. The Bertz CT molecular complexity index is 984. The minimum Gasteiger partial charge on any atom is -0.370 e. The number of aromatic nitrogens is 2. The van der Waals surface area contributed by atoms with Crippen LogP contribution in [0.25, 0.3) is 10.9 Å². The van der Waals surface area contributed by atoms with Gasteiger partial charge in [-0.1, -0.05) is 18.6 Å². The Morgan fingerprint density at radius 2 is 2.25 bits per heavy atom. The SMILES string of the molecule is CCc1nc(CNC(=O)C2CCCN(c3ccnc4ccc(C)cc34)C2)cs1. The molecule has 2 aromatic heterocycles. The first-order chi connectivity index (χ1) is 13.6. The monoisotopic (exact) mass is 394 g/mol. The van der Waals surface area contributed by atoms with Crippen LogP contribution in [-0.2, 0) is 17.8 Å². The van der Waals surface area contributed by atoms with Crippen molar-refractivity contribution < 1.29 is 4.79 Å². The Balaban J connectivity index is 1.45. The summed E-state index contributed by atoms with van der Waals surface area (Å²) in [4.78, 5) is 24.1. The standard InChI is InChI=1S/C22H26N4OS/c1-3-21-25-17(14-28-21)12-24-22(27)16-5-4-10-26(13-16)20-8-9-23-19-7-6-15(2)11-18(19)20/h6-9,11,14,16H,3-5,10,12-13H2,1-2H3,(H,24,27). The predicted octanol–water partition coefficient (Wildman–Crippen LogP) is 4.09. The van der Waals surface area contributed by atoms with Crippen molar-refractivity contribution >= 4 is 33.8 Å². The number of rotatable bonds is 5. The lowest BCUT2D eigenvalue weighted by Crippen LogP contribution is -2.43. The van der Waals surface area contributed by atoms with Gasteiger partial charge in [0.2, 0.25) is 5.91 Å². The number of benzene rings is 1. The van der Waals surface area contributed by atoms with Crippen LogP contribution in [0.2, 0.25) is 0 Å². The molecule has 1 aromatic carbocycles. The van der Waals surface area contributed by atoms with Gasteiger partial charge in [-0.3, -0.25) is 9.78 Å². The third kappa shape index (κ3) is 4.02. The number of anilines is 1. The molecular weight excluding hydrogens is 368 g/mol.